The molecule has 2 heterocycles. The summed E-state index contributed by atoms with van der Waals surface area (Å²) in [5.41, 5.74) is 6.35. The molecule has 4 amide bonds. The summed E-state index contributed by atoms with van der Waals surface area (Å²) in [5, 5.41) is 20.3. The summed E-state index contributed by atoms with van der Waals surface area (Å²) in [6.45, 7) is 12.0. The number of ether oxygens (including phenoxy) is 2. The molecule has 0 aromatic rings. The highest BCUT2D eigenvalue weighted by Gasteiger charge is 2.33. The average molecular weight is 751 g/mol. The molecule has 300 valence electrons. The zero-order valence-corrected chi connectivity index (χ0v) is 32.3. The number of amides is 4. The highest BCUT2D eigenvalue weighted by molar-refractivity contribution is 5.89. The number of methoxy groups -OCH3 is 1. The lowest BCUT2D eigenvalue weighted by atomic mass is 9.92. The number of carboxylic acids is 1. The number of primary amides is 1. The van der Waals surface area contributed by atoms with Crippen LogP contribution >= 0.6 is 0 Å². The number of alkyl carbamates (subject to hydrolysis) is 1. The van der Waals surface area contributed by atoms with Crippen LogP contribution in [0, 0.1) is 11.8 Å². The third kappa shape index (κ3) is 17.5. The molecular weight excluding hydrogens is 687 g/mol. The number of allylic oxidation sites excluding steroid dienone is 4. The van der Waals surface area contributed by atoms with Gasteiger partial charge in [-0.1, -0.05) is 64.5 Å². The number of carbonyl (C=O) groups is 5. The normalized spacial score (nSPS) is 20.0. The fraction of sp³-hybridized carbons (Fsp3) is 0.667. The SMILES string of the molecule is C=C(F)C1=C(/C=C\C)C(COC)N(C(=O)O)CC1.CCCCC/C=C\C(C)CC(C)C(=O)O.NC(=O)C1CCCN1C(=O)CNC(=O)OC1CCCC1. The van der Waals surface area contributed by atoms with Crippen LogP contribution in [0.15, 0.2) is 47.9 Å². The highest BCUT2D eigenvalue weighted by atomic mass is 19.1. The van der Waals surface area contributed by atoms with Gasteiger partial charge in [-0.2, -0.15) is 0 Å². The molecule has 0 radical (unpaired) electrons. The van der Waals surface area contributed by atoms with Crippen LogP contribution in [0.1, 0.15) is 105 Å². The third-order valence-electron chi connectivity index (χ3n) is 9.38. The number of nitrogens with zero attached hydrogens (tertiary/aromatic N) is 2. The summed E-state index contributed by atoms with van der Waals surface area (Å²) >= 11 is 0. The molecule has 4 unspecified atom stereocenters. The van der Waals surface area contributed by atoms with Crippen molar-refractivity contribution in [3.8, 4) is 0 Å². The summed E-state index contributed by atoms with van der Waals surface area (Å²) in [4.78, 5) is 59.2. The van der Waals surface area contributed by atoms with Crippen molar-refractivity contribution in [1.82, 2.24) is 15.1 Å². The van der Waals surface area contributed by atoms with Gasteiger partial charge in [0, 0.05) is 20.2 Å². The maximum atomic E-state index is 13.4. The molecule has 5 N–H and O–H groups in total. The van der Waals surface area contributed by atoms with Gasteiger partial charge in [0.25, 0.3) is 0 Å². The van der Waals surface area contributed by atoms with Crippen molar-refractivity contribution < 1.29 is 48.0 Å². The minimum absolute atomic E-state index is 0.0322. The molecular formula is C39H63FN4O9. The van der Waals surface area contributed by atoms with E-state index in [-0.39, 0.29) is 37.6 Å². The minimum Gasteiger partial charge on any atom is -0.481 e. The highest BCUT2D eigenvalue weighted by Crippen LogP contribution is 2.30. The number of aliphatic carboxylic acids is 1. The Balaban J connectivity index is 0.000000403. The van der Waals surface area contributed by atoms with E-state index in [1.807, 2.05) is 0 Å². The van der Waals surface area contributed by atoms with Crippen LogP contribution in [-0.2, 0) is 23.9 Å². The largest absolute Gasteiger partial charge is 0.481 e. The first-order valence-corrected chi connectivity index (χ1v) is 18.8. The molecule has 2 aliphatic heterocycles. The number of rotatable bonds is 16. The molecule has 53 heavy (non-hydrogen) atoms. The first-order chi connectivity index (χ1) is 25.2. The summed E-state index contributed by atoms with van der Waals surface area (Å²) in [6.07, 6.45) is 17.4. The minimum atomic E-state index is -1.03. The van der Waals surface area contributed by atoms with E-state index in [1.165, 1.54) is 36.2 Å². The Bertz CT molecular complexity index is 1300. The summed E-state index contributed by atoms with van der Waals surface area (Å²) < 4.78 is 23.6. The van der Waals surface area contributed by atoms with Crippen LogP contribution in [0.3, 0.4) is 0 Å². The number of halogens is 1. The zero-order chi connectivity index (χ0) is 39.9. The molecule has 4 atom stereocenters. The van der Waals surface area contributed by atoms with Gasteiger partial charge >= 0.3 is 18.2 Å². The number of likely N-dealkylation sites (tertiary alicyclic amines) is 1. The van der Waals surface area contributed by atoms with Crippen LogP contribution in [0.4, 0.5) is 14.0 Å². The van der Waals surface area contributed by atoms with Gasteiger partial charge < -0.3 is 35.6 Å². The number of carboxylic acid groups (broad SMARTS) is 2. The Morgan fingerprint density at radius 2 is 1.74 bits per heavy atom. The standard InChI is InChI=1S/C13H18FNO3.C13H21N3O4.C13H24O2/c1-4-5-11-10(9(2)14)6-7-15(13(16)17)12(11)8-18-3;14-12(18)10-6-3-7-16(10)11(17)8-15-13(19)20-9-4-1-2-5-9;1-4-5-6-7-8-9-11(2)10-12(3)13(14)15/h4-5,12H,2,6-8H2,1,3H3,(H,16,17);9-10H,1-8H2,(H2,14,18)(H,15,19);8-9,11-12H,4-7,10H2,1-3H3,(H,14,15)/b5-4-;;9-8-. The van der Waals surface area contributed by atoms with Gasteiger partial charge in [-0.3, -0.25) is 19.3 Å². The number of hydrogen-bond acceptors (Lipinski definition) is 7. The first kappa shape index (κ1) is 46.8. The smallest absolute Gasteiger partial charge is 0.407 e. The number of nitrogens with two attached hydrogens (primary N) is 1. The second-order valence-corrected chi connectivity index (χ2v) is 13.7. The van der Waals surface area contributed by atoms with E-state index in [0.29, 0.717) is 36.5 Å². The Labute approximate surface area is 314 Å². The quantitative estimate of drug-likeness (QED) is 0.0978. The van der Waals surface area contributed by atoms with E-state index in [9.17, 15) is 28.4 Å². The van der Waals surface area contributed by atoms with Crippen LogP contribution in [0.2, 0.25) is 0 Å². The van der Waals surface area contributed by atoms with Crippen molar-refractivity contribution in [3.63, 3.8) is 0 Å². The molecule has 13 nitrogen and oxygen atoms in total. The van der Waals surface area contributed by atoms with Crippen LogP contribution in [0.25, 0.3) is 0 Å². The van der Waals surface area contributed by atoms with Gasteiger partial charge in [-0.25, -0.2) is 14.0 Å². The molecule has 1 saturated carbocycles. The lowest BCUT2D eigenvalue weighted by Crippen LogP contribution is -2.47. The van der Waals surface area contributed by atoms with Gasteiger partial charge in [0.1, 0.15) is 24.5 Å². The Morgan fingerprint density at radius 3 is 2.28 bits per heavy atom. The molecule has 0 bridgehead atoms. The van der Waals surface area contributed by atoms with E-state index >= 15 is 0 Å². The second kappa shape index (κ2) is 25.7. The molecule has 0 spiro atoms. The fourth-order valence-electron chi connectivity index (χ4n) is 6.54. The van der Waals surface area contributed by atoms with Gasteiger partial charge in [0.2, 0.25) is 11.8 Å². The number of unbranched alkanes of at least 4 members (excludes halogenated alkanes) is 3. The van der Waals surface area contributed by atoms with Crippen molar-refractivity contribution in [1.29, 1.82) is 0 Å². The number of hydrogen-bond donors (Lipinski definition) is 4. The van der Waals surface area contributed by atoms with E-state index in [2.05, 4.69) is 37.9 Å². The topological polar surface area (TPSA) is 189 Å². The number of nitrogens with one attached hydrogen (secondary N) is 1. The summed E-state index contributed by atoms with van der Waals surface area (Å²) in [6, 6.07) is -1.03. The van der Waals surface area contributed by atoms with Crippen LogP contribution in [-0.4, -0.2) is 102 Å². The van der Waals surface area contributed by atoms with Crippen molar-refractivity contribution in [3.05, 3.63) is 47.9 Å². The zero-order valence-electron chi connectivity index (χ0n) is 32.3. The molecule has 1 aliphatic carbocycles. The van der Waals surface area contributed by atoms with E-state index in [1.54, 1.807) is 26.0 Å². The van der Waals surface area contributed by atoms with Crippen molar-refractivity contribution >= 4 is 30.0 Å². The Morgan fingerprint density at radius 1 is 1.06 bits per heavy atom. The van der Waals surface area contributed by atoms with E-state index < -0.39 is 42.0 Å². The predicted octanol–water partition coefficient (Wildman–Crippen LogP) is 6.74. The van der Waals surface area contributed by atoms with Gasteiger partial charge in [-0.15, -0.1) is 0 Å². The third-order valence-corrected chi connectivity index (χ3v) is 9.38. The van der Waals surface area contributed by atoms with Gasteiger partial charge in [-0.05, 0) is 88.2 Å². The average Bonchev–Trinajstić information content (AvgIpc) is 3.81. The van der Waals surface area contributed by atoms with E-state index in [0.717, 1.165) is 44.9 Å². The monoisotopic (exact) mass is 750 g/mol. The van der Waals surface area contributed by atoms with Crippen molar-refractivity contribution in [2.45, 2.75) is 123 Å². The number of carbonyl (C=O) groups excluding carboxylic acids is 3. The second-order valence-electron chi connectivity index (χ2n) is 13.7. The van der Waals surface area contributed by atoms with Gasteiger partial charge in [0.05, 0.1) is 18.6 Å². The summed E-state index contributed by atoms with van der Waals surface area (Å²) in [5.74, 6) is -1.85. The fourth-order valence-corrected chi connectivity index (χ4v) is 6.54. The maximum absolute atomic E-state index is 13.4. The Hall–Kier alpha value is -4.20. The lowest BCUT2D eigenvalue weighted by molar-refractivity contribution is -0.141. The summed E-state index contributed by atoms with van der Waals surface area (Å²) in [7, 11) is 1.49. The molecule has 3 rings (SSSR count). The van der Waals surface area contributed by atoms with Gasteiger partial charge in [0.15, 0.2) is 0 Å². The first-order valence-electron chi connectivity index (χ1n) is 18.8. The Kier molecular flexibility index (Phi) is 22.7. The molecule has 14 heteroatoms. The predicted molar refractivity (Wildman–Crippen MR) is 202 cm³/mol. The molecule has 1 saturated heterocycles. The molecule has 3 aliphatic rings. The van der Waals surface area contributed by atoms with E-state index in [4.69, 9.17) is 25.4 Å². The molecule has 2 fully saturated rings. The molecule has 0 aromatic carbocycles. The maximum Gasteiger partial charge on any atom is 0.407 e. The van der Waals surface area contributed by atoms with Crippen LogP contribution < -0.4 is 11.1 Å². The molecule has 0 aromatic heterocycles. The van der Waals surface area contributed by atoms with Crippen molar-refractivity contribution in [2.75, 3.05) is 33.4 Å². The lowest BCUT2D eigenvalue weighted by Gasteiger charge is -2.35. The van der Waals surface area contributed by atoms with Crippen molar-refractivity contribution in [2.24, 2.45) is 17.6 Å². The van der Waals surface area contributed by atoms with Crippen LogP contribution in [0.5, 0.6) is 0 Å².